The molecule has 0 saturated heterocycles. The predicted molar refractivity (Wildman–Crippen MR) is 73.5 cm³/mol. The van der Waals surface area contributed by atoms with Crippen molar-refractivity contribution in [3.8, 4) is 5.88 Å². The van der Waals surface area contributed by atoms with Crippen molar-refractivity contribution in [2.24, 2.45) is 13.0 Å². The van der Waals surface area contributed by atoms with Crippen molar-refractivity contribution < 1.29 is 9.53 Å². The van der Waals surface area contributed by atoms with E-state index in [4.69, 9.17) is 4.74 Å². The Balaban J connectivity index is 1.60. The van der Waals surface area contributed by atoms with Gasteiger partial charge in [-0.15, -0.1) is 0 Å². The highest BCUT2D eigenvalue weighted by molar-refractivity contribution is 5.95. The van der Waals surface area contributed by atoms with Crippen molar-refractivity contribution in [1.29, 1.82) is 0 Å². The first-order valence-electron chi connectivity index (χ1n) is 6.47. The topological polar surface area (TPSA) is 69.0 Å². The standard InChI is InChI=1S/C14H16N4O2/c1-18-8-9(6-16-18)11-5-12(11)14(19)17-10-3-4-13(20-2)15-7-10/h3-4,6-8,11-12H,5H2,1-2H3,(H,17,19). The Morgan fingerprint density at radius 2 is 2.30 bits per heavy atom. The van der Waals surface area contributed by atoms with Crippen LogP contribution in [0.2, 0.25) is 0 Å². The van der Waals surface area contributed by atoms with Crippen LogP contribution in [0.15, 0.2) is 30.7 Å². The van der Waals surface area contributed by atoms with Crippen LogP contribution in [-0.4, -0.2) is 27.8 Å². The summed E-state index contributed by atoms with van der Waals surface area (Å²) in [5.74, 6) is 0.879. The third-order valence-corrected chi connectivity index (χ3v) is 3.49. The molecule has 0 bridgehead atoms. The minimum absolute atomic E-state index is 0.0290. The van der Waals surface area contributed by atoms with Crippen LogP contribution in [0.4, 0.5) is 5.69 Å². The maximum Gasteiger partial charge on any atom is 0.228 e. The minimum atomic E-state index is 0.0290. The number of hydrogen-bond donors (Lipinski definition) is 1. The van der Waals surface area contributed by atoms with Crippen LogP contribution in [0.1, 0.15) is 17.9 Å². The second kappa shape index (κ2) is 4.96. The number of nitrogens with one attached hydrogen (secondary N) is 1. The summed E-state index contributed by atoms with van der Waals surface area (Å²) >= 11 is 0. The van der Waals surface area contributed by atoms with E-state index in [-0.39, 0.29) is 17.7 Å². The number of aryl methyl sites for hydroxylation is 1. The number of aromatic nitrogens is 3. The van der Waals surface area contributed by atoms with Gasteiger partial charge in [0.2, 0.25) is 11.8 Å². The van der Waals surface area contributed by atoms with Gasteiger partial charge < -0.3 is 10.1 Å². The van der Waals surface area contributed by atoms with Crippen molar-refractivity contribution in [3.63, 3.8) is 0 Å². The number of carbonyl (C=O) groups excluding carboxylic acids is 1. The van der Waals surface area contributed by atoms with Gasteiger partial charge in [-0.25, -0.2) is 4.98 Å². The molecule has 2 heterocycles. The molecule has 0 aromatic carbocycles. The molecule has 1 aliphatic carbocycles. The number of ether oxygens (including phenoxy) is 1. The Labute approximate surface area is 116 Å². The zero-order chi connectivity index (χ0) is 14.1. The first-order valence-corrected chi connectivity index (χ1v) is 6.47. The van der Waals surface area contributed by atoms with E-state index in [1.807, 2.05) is 19.4 Å². The van der Waals surface area contributed by atoms with E-state index in [1.54, 1.807) is 30.1 Å². The number of carbonyl (C=O) groups is 1. The van der Waals surface area contributed by atoms with Crippen LogP contribution >= 0.6 is 0 Å². The molecule has 1 saturated carbocycles. The summed E-state index contributed by atoms with van der Waals surface area (Å²) in [7, 11) is 3.44. The first-order chi connectivity index (χ1) is 9.67. The van der Waals surface area contributed by atoms with Gasteiger partial charge in [0.15, 0.2) is 0 Å². The lowest BCUT2D eigenvalue weighted by Crippen LogP contribution is -2.14. The quantitative estimate of drug-likeness (QED) is 0.917. The summed E-state index contributed by atoms with van der Waals surface area (Å²) in [6.45, 7) is 0. The van der Waals surface area contributed by atoms with Gasteiger partial charge in [-0.1, -0.05) is 0 Å². The molecule has 1 amide bonds. The van der Waals surface area contributed by atoms with Gasteiger partial charge in [0, 0.05) is 25.2 Å². The van der Waals surface area contributed by atoms with Crippen LogP contribution in [0.25, 0.3) is 0 Å². The third kappa shape index (κ3) is 2.49. The van der Waals surface area contributed by atoms with Crippen molar-refractivity contribution in [2.75, 3.05) is 12.4 Å². The van der Waals surface area contributed by atoms with E-state index >= 15 is 0 Å². The molecule has 2 aromatic heterocycles. The highest BCUT2D eigenvalue weighted by atomic mass is 16.5. The normalized spacial score (nSPS) is 20.5. The van der Waals surface area contributed by atoms with Gasteiger partial charge in [-0.3, -0.25) is 9.48 Å². The Kier molecular flexibility index (Phi) is 3.14. The van der Waals surface area contributed by atoms with E-state index in [1.165, 1.54) is 0 Å². The molecule has 0 radical (unpaired) electrons. The van der Waals surface area contributed by atoms with Crippen LogP contribution < -0.4 is 10.1 Å². The van der Waals surface area contributed by atoms with Gasteiger partial charge in [-0.2, -0.15) is 5.10 Å². The minimum Gasteiger partial charge on any atom is -0.481 e. The zero-order valence-corrected chi connectivity index (χ0v) is 11.4. The highest BCUT2D eigenvalue weighted by Gasteiger charge is 2.44. The Morgan fingerprint density at radius 3 is 2.90 bits per heavy atom. The smallest absolute Gasteiger partial charge is 0.228 e. The van der Waals surface area contributed by atoms with E-state index < -0.39 is 0 Å². The molecule has 0 aliphatic heterocycles. The molecule has 6 heteroatoms. The van der Waals surface area contributed by atoms with Gasteiger partial charge in [-0.05, 0) is 24.0 Å². The molecule has 104 valence electrons. The maximum atomic E-state index is 12.1. The molecule has 0 spiro atoms. The SMILES string of the molecule is COc1ccc(NC(=O)C2CC2c2cnn(C)c2)cn1. The Hall–Kier alpha value is -2.37. The summed E-state index contributed by atoms with van der Waals surface area (Å²) in [5, 5.41) is 7.01. The number of nitrogens with zero attached hydrogens (tertiary/aromatic N) is 3. The van der Waals surface area contributed by atoms with Crippen molar-refractivity contribution in [3.05, 3.63) is 36.3 Å². The molecule has 20 heavy (non-hydrogen) atoms. The van der Waals surface area contributed by atoms with Crippen LogP contribution in [0, 0.1) is 5.92 Å². The molecule has 6 nitrogen and oxygen atoms in total. The predicted octanol–water partition coefficient (Wildman–Crippen LogP) is 1.57. The molecule has 2 aromatic rings. The summed E-state index contributed by atoms with van der Waals surface area (Å²) in [6, 6.07) is 3.51. The number of pyridine rings is 1. The molecule has 2 atom stereocenters. The molecule has 1 fully saturated rings. The monoisotopic (exact) mass is 272 g/mol. The van der Waals surface area contributed by atoms with E-state index in [2.05, 4.69) is 15.4 Å². The van der Waals surface area contributed by atoms with Crippen molar-refractivity contribution in [1.82, 2.24) is 14.8 Å². The fraction of sp³-hybridized carbons (Fsp3) is 0.357. The van der Waals surface area contributed by atoms with Crippen LogP contribution in [-0.2, 0) is 11.8 Å². The van der Waals surface area contributed by atoms with E-state index in [0.717, 1.165) is 12.0 Å². The second-order valence-corrected chi connectivity index (χ2v) is 4.97. The van der Waals surface area contributed by atoms with Gasteiger partial charge in [0.1, 0.15) is 0 Å². The third-order valence-electron chi connectivity index (χ3n) is 3.49. The summed E-state index contributed by atoms with van der Waals surface area (Å²) in [5.41, 5.74) is 1.81. The first kappa shape index (κ1) is 12.7. The van der Waals surface area contributed by atoms with Crippen LogP contribution in [0.3, 0.4) is 0 Å². The zero-order valence-electron chi connectivity index (χ0n) is 11.4. The fourth-order valence-corrected chi connectivity index (χ4v) is 2.29. The van der Waals surface area contributed by atoms with Crippen molar-refractivity contribution >= 4 is 11.6 Å². The van der Waals surface area contributed by atoms with Gasteiger partial charge in [0.25, 0.3) is 0 Å². The fourth-order valence-electron chi connectivity index (χ4n) is 2.29. The second-order valence-electron chi connectivity index (χ2n) is 4.97. The molecule has 2 unspecified atom stereocenters. The number of hydrogen-bond acceptors (Lipinski definition) is 4. The lowest BCUT2D eigenvalue weighted by molar-refractivity contribution is -0.117. The van der Waals surface area contributed by atoms with E-state index in [9.17, 15) is 4.79 Å². The summed E-state index contributed by atoms with van der Waals surface area (Å²) in [6.07, 6.45) is 6.26. The lowest BCUT2D eigenvalue weighted by Gasteiger charge is -2.05. The average Bonchev–Trinajstić information content (AvgIpc) is 3.15. The largest absolute Gasteiger partial charge is 0.481 e. The van der Waals surface area contributed by atoms with Crippen molar-refractivity contribution in [2.45, 2.75) is 12.3 Å². The molecular weight excluding hydrogens is 256 g/mol. The lowest BCUT2D eigenvalue weighted by atomic mass is 10.2. The molecule has 3 rings (SSSR count). The summed E-state index contributed by atoms with van der Waals surface area (Å²) < 4.78 is 6.74. The average molecular weight is 272 g/mol. The van der Waals surface area contributed by atoms with Gasteiger partial charge in [0.05, 0.1) is 25.2 Å². The number of methoxy groups -OCH3 is 1. The maximum absolute atomic E-state index is 12.1. The highest BCUT2D eigenvalue weighted by Crippen LogP contribution is 2.47. The Morgan fingerprint density at radius 1 is 1.45 bits per heavy atom. The Bertz CT molecular complexity index is 620. The number of anilines is 1. The summed E-state index contributed by atoms with van der Waals surface area (Å²) in [4.78, 5) is 16.2. The molecular formula is C14H16N4O2. The van der Waals surface area contributed by atoms with Crippen LogP contribution in [0.5, 0.6) is 5.88 Å². The molecule has 1 aliphatic rings. The molecule has 1 N–H and O–H groups in total. The van der Waals surface area contributed by atoms with E-state index in [0.29, 0.717) is 11.6 Å². The number of amides is 1. The van der Waals surface area contributed by atoms with Gasteiger partial charge >= 0.3 is 0 Å². The number of rotatable bonds is 4.